The quantitative estimate of drug-likeness (QED) is 0.777. The van der Waals surface area contributed by atoms with E-state index >= 15 is 0 Å². The molecule has 0 aromatic heterocycles. The lowest BCUT2D eigenvalue weighted by Crippen LogP contribution is -2.30. The average molecular weight is 342 g/mol. The fraction of sp³-hybridized carbons (Fsp3) is 0.263. The third-order valence-electron chi connectivity index (χ3n) is 4.32. The lowest BCUT2D eigenvalue weighted by atomic mass is 10.2. The maximum Gasteiger partial charge on any atom is 0.0990 e. The predicted octanol–water partition coefficient (Wildman–Crippen LogP) is 3.93. The summed E-state index contributed by atoms with van der Waals surface area (Å²) < 4.78 is 0. The van der Waals surface area contributed by atoms with Gasteiger partial charge in [-0.2, -0.15) is 0 Å². The molecule has 0 aliphatic carbocycles. The molecule has 0 bridgehead atoms. The molecule has 0 saturated carbocycles. The van der Waals surface area contributed by atoms with E-state index in [2.05, 4.69) is 85.8 Å². The van der Waals surface area contributed by atoms with Crippen LogP contribution in [0.25, 0.3) is 0 Å². The van der Waals surface area contributed by atoms with Gasteiger partial charge in [0.2, 0.25) is 0 Å². The summed E-state index contributed by atoms with van der Waals surface area (Å²) in [6.45, 7) is 9.83. The zero-order valence-electron chi connectivity index (χ0n) is 14.2. The van der Waals surface area contributed by atoms with Crippen LogP contribution in [-0.2, 0) is 0 Å². The van der Waals surface area contributed by atoms with Gasteiger partial charge in [-0.25, -0.2) is 0 Å². The molecule has 3 rings (SSSR count). The van der Waals surface area contributed by atoms with Crippen LogP contribution in [0, 0.1) is 13.8 Å². The molecule has 120 valence electrons. The Bertz CT molecular complexity index is 679. The van der Waals surface area contributed by atoms with Crippen molar-refractivity contribution in [1.29, 1.82) is 0 Å². The summed E-state index contributed by atoms with van der Waals surface area (Å²) in [7, 11) is 1.63. The van der Waals surface area contributed by atoms with Crippen LogP contribution in [0.5, 0.6) is 0 Å². The van der Waals surface area contributed by atoms with Crippen molar-refractivity contribution in [3.8, 4) is 0 Å². The summed E-state index contributed by atoms with van der Waals surface area (Å²) in [4.78, 5) is 4.77. The predicted molar refractivity (Wildman–Crippen MR) is 109 cm³/mol. The van der Waals surface area contributed by atoms with Crippen molar-refractivity contribution in [3.63, 3.8) is 0 Å². The van der Waals surface area contributed by atoms with E-state index in [4.69, 9.17) is 0 Å². The molecule has 2 aromatic rings. The molecular formula is C19H24N2P2. The van der Waals surface area contributed by atoms with Gasteiger partial charge in [0, 0.05) is 12.4 Å². The normalized spacial score (nSPS) is 15.0. The summed E-state index contributed by atoms with van der Waals surface area (Å²) in [6.07, 6.45) is 4.45. The average Bonchev–Trinajstić information content (AvgIpc) is 3.03. The molecular weight excluding hydrogens is 318 g/mol. The van der Waals surface area contributed by atoms with E-state index in [9.17, 15) is 0 Å². The summed E-state index contributed by atoms with van der Waals surface area (Å²) in [5.74, 6) is 0. The number of hydrogen-bond acceptors (Lipinski definition) is 2. The first-order valence-corrected chi connectivity index (χ1v) is 10.9. The SMILES string of the molecule is CPc1cccc(C)c1N1C=CN(c2c(C)cccc2PC)C1. The lowest BCUT2D eigenvalue weighted by Gasteiger charge is -2.27. The first kappa shape index (κ1) is 16.5. The van der Waals surface area contributed by atoms with Crippen molar-refractivity contribution in [2.75, 3.05) is 29.8 Å². The van der Waals surface area contributed by atoms with Crippen LogP contribution in [-0.4, -0.2) is 20.0 Å². The molecule has 0 amide bonds. The topological polar surface area (TPSA) is 6.48 Å². The molecule has 23 heavy (non-hydrogen) atoms. The third-order valence-corrected chi connectivity index (χ3v) is 6.20. The Morgan fingerprint density at radius 2 is 1.17 bits per heavy atom. The summed E-state index contributed by atoms with van der Waals surface area (Å²) in [5.41, 5.74) is 5.46. The number of rotatable bonds is 4. The van der Waals surface area contributed by atoms with E-state index in [0.717, 1.165) is 23.8 Å². The van der Waals surface area contributed by atoms with Gasteiger partial charge >= 0.3 is 0 Å². The van der Waals surface area contributed by atoms with Gasteiger partial charge in [-0.15, -0.1) is 0 Å². The van der Waals surface area contributed by atoms with Gasteiger partial charge in [0.1, 0.15) is 0 Å². The highest BCUT2D eigenvalue weighted by Gasteiger charge is 2.21. The molecule has 2 nitrogen and oxygen atoms in total. The first-order chi connectivity index (χ1) is 11.2. The first-order valence-electron chi connectivity index (χ1n) is 7.92. The minimum atomic E-state index is 0.813. The largest absolute Gasteiger partial charge is 0.327 e. The summed E-state index contributed by atoms with van der Waals surface area (Å²) in [5, 5.41) is 2.89. The van der Waals surface area contributed by atoms with E-state index in [1.165, 1.54) is 33.1 Å². The number of benzene rings is 2. The molecule has 1 aliphatic heterocycles. The number of hydrogen-bond donors (Lipinski definition) is 0. The Labute approximate surface area is 143 Å². The van der Waals surface area contributed by atoms with Gasteiger partial charge in [0.05, 0.1) is 18.0 Å². The van der Waals surface area contributed by atoms with Crippen LogP contribution in [0.3, 0.4) is 0 Å². The van der Waals surface area contributed by atoms with E-state index < -0.39 is 0 Å². The van der Waals surface area contributed by atoms with Gasteiger partial charge in [0.15, 0.2) is 0 Å². The van der Waals surface area contributed by atoms with E-state index in [-0.39, 0.29) is 0 Å². The van der Waals surface area contributed by atoms with Crippen LogP contribution < -0.4 is 20.4 Å². The van der Waals surface area contributed by atoms with Crippen molar-refractivity contribution in [2.45, 2.75) is 13.8 Å². The van der Waals surface area contributed by atoms with Crippen LogP contribution in [0.1, 0.15) is 11.1 Å². The highest BCUT2D eigenvalue weighted by molar-refractivity contribution is 7.47. The van der Waals surface area contributed by atoms with Crippen molar-refractivity contribution in [3.05, 3.63) is 59.9 Å². The molecule has 2 aromatic carbocycles. The number of para-hydroxylation sites is 2. The molecule has 0 radical (unpaired) electrons. The number of aryl methyl sites for hydroxylation is 2. The molecule has 1 heterocycles. The Morgan fingerprint density at radius 3 is 1.57 bits per heavy atom. The van der Waals surface area contributed by atoms with Crippen molar-refractivity contribution < 1.29 is 0 Å². The Hall–Kier alpha value is -1.36. The van der Waals surface area contributed by atoms with Gasteiger partial charge in [0.25, 0.3) is 0 Å². The molecule has 2 atom stereocenters. The lowest BCUT2D eigenvalue weighted by molar-refractivity contribution is 0.972. The minimum absolute atomic E-state index is 0.813. The molecule has 0 saturated heterocycles. The Kier molecular flexibility index (Phi) is 5.05. The van der Waals surface area contributed by atoms with Crippen LogP contribution >= 0.6 is 17.2 Å². The fourth-order valence-corrected chi connectivity index (χ4v) is 4.87. The van der Waals surface area contributed by atoms with Gasteiger partial charge in [-0.1, -0.05) is 53.6 Å². The molecule has 4 heteroatoms. The van der Waals surface area contributed by atoms with Crippen LogP contribution in [0.4, 0.5) is 11.4 Å². The highest BCUT2D eigenvalue weighted by Crippen LogP contribution is 2.30. The molecule has 1 aliphatic rings. The number of nitrogens with zero attached hydrogens (tertiary/aromatic N) is 2. The Morgan fingerprint density at radius 1 is 0.739 bits per heavy atom. The number of anilines is 2. The smallest absolute Gasteiger partial charge is 0.0990 e. The molecule has 0 N–H and O–H groups in total. The second-order valence-corrected chi connectivity index (χ2v) is 7.90. The van der Waals surface area contributed by atoms with E-state index in [0.29, 0.717) is 0 Å². The second-order valence-electron chi connectivity index (χ2n) is 5.82. The summed E-state index contributed by atoms with van der Waals surface area (Å²) in [6, 6.07) is 13.3. The van der Waals surface area contributed by atoms with Crippen LogP contribution in [0.2, 0.25) is 0 Å². The van der Waals surface area contributed by atoms with Crippen LogP contribution in [0.15, 0.2) is 48.8 Å². The zero-order valence-corrected chi connectivity index (χ0v) is 16.2. The highest BCUT2D eigenvalue weighted by atomic mass is 31.1. The Balaban J connectivity index is 1.93. The van der Waals surface area contributed by atoms with Gasteiger partial charge in [-0.3, -0.25) is 0 Å². The molecule has 2 unspecified atom stereocenters. The van der Waals surface area contributed by atoms with Crippen molar-refractivity contribution in [1.82, 2.24) is 0 Å². The van der Waals surface area contributed by atoms with Gasteiger partial charge in [-0.05, 0) is 48.9 Å². The van der Waals surface area contributed by atoms with E-state index in [1.807, 2.05) is 0 Å². The zero-order chi connectivity index (χ0) is 16.4. The standard InChI is InChI=1S/C19H24N2P2/c1-14-7-5-9-16(22-3)18(14)20-11-12-21(13-20)19-15(2)8-6-10-17(19)23-4/h5-12,22-23H,13H2,1-4H3. The second kappa shape index (κ2) is 7.04. The van der Waals surface area contributed by atoms with Crippen molar-refractivity contribution >= 4 is 39.1 Å². The molecule has 0 fully saturated rings. The van der Waals surface area contributed by atoms with E-state index in [1.54, 1.807) is 0 Å². The fourth-order valence-electron chi connectivity index (χ4n) is 3.19. The monoisotopic (exact) mass is 342 g/mol. The maximum atomic E-state index is 2.39. The van der Waals surface area contributed by atoms with Gasteiger partial charge < -0.3 is 9.80 Å². The summed E-state index contributed by atoms with van der Waals surface area (Å²) >= 11 is 0. The minimum Gasteiger partial charge on any atom is -0.327 e. The maximum absolute atomic E-state index is 2.39. The van der Waals surface area contributed by atoms with Crippen molar-refractivity contribution in [2.24, 2.45) is 0 Å². The third kappa shape index (κ3) is 3.16. The molecule has 0 spiro atoms.